The van der Waals surface area contributed by atoms with E-state index in [1.165, 1.54) is 71.9 Å². The summed E-state index contributed by atoms with van der Waals surface area (Å²) in [6.07, 6.45) is 7.86. The van der Waals surface area contributed by atoms with Gasteiger partial charge in [0.15, 0.2) is 17.5 Å². The van der Waals surface area contributed by atoms with E-state index in [-0.39, 0.29) is 10.8 Å². The lowest BCUT2D eigenvalue weighted by Gasteiger charge is -2.63. The zero-order chi connectivity index (χ0) is 37.0. The number of hydrogen-bond donors (Lipinski definition) is 0. The molecule has 6 aromatic carbocycles. The Kier molecular flexibility index (Phi) is 8.07. The minimum absolute atomic E-state index is 0.235. The smallest absolute Gasteiger partial charge is 0.164 e. The summed E-state index contributed by atoms with van der Waals surface area (Å²) >= 11 is 0. The average molecular weight is 711 g/mol. The van der Waals surface area contributed by atoms with E-state index in [0.717, 1.165) is 34.1 Å². The van der Waals surface area contributed by atoms with E-state index >= 15 is 0 Å². The molecule has 2 unspecified atom stereocenters. The molecule has 1 aromatic heterocycles. The van der Waals surface area contributed by atoms with E-state index in [1.54, 1.807) is 0 Å². The van der Waals surface area contributed by atoms with Crippen LogP contribution in [0.1, 0.15) is 60.8 Å². The molecule has 1 heterocycles. The Morgan fingerprint density at radius 3 is 1.40 bits per heavy atom. The van der Waals surface area contributed by atoms with Crippen molar-refractivity contribution in [3.05, 3.63) is 174 Å². The maximum absolute atomic E-state index is 9.23. The van der Waals surface area contributed by atoms with Crippen molar-refractivity contribution in [2.45, 2.75) is 56.3 Å². The molecule has 0 aliphatic heterocycles. The van der Waals surface area contributed by atoms with E-state index < -0.39 is 0 Å². The number of hydrogen-bond acceptors (Lipinski definition) is 4. The van der Waals surface area contributed by atoms with Gasteiger partial charge in [-0.25, -0.2) is 15.0 Å². The molecule has 0 amide bonds. The molecule has 4 aliphatic carbocycles. The Morgan fingerprint density at radius 1 is 0.491 bits per heavy atom. The maximum Gasteiger partial charge on any atom is 0.164 e. The van der Waals surface area contributed by atoms with Gasteiger partial charge in [0.1, 0.15) is 0 Å². The molecular formula is C51H42N4. The number of aromatic nitrogens is 3. The first-order chi connectivity index (χ1) is 27.0. The molecule has 0 saturated heterocycles. The van der Waals surface area contributed by atoms with Gasteiger partial charge in [0.05, 0.1) is 11.6 Å². The van der Waals surface area contributed by atoms with Crippen LogP contribution in [0.4, 0.5) is 0 Å². The Hall–Kier alpha value is -6.18. The molecule has 4 nitrogen and oxygen atoms in total. The van der Waals surface area contributed by atoms with Crippen molar-refractivity contribution in [2.24, 2.45) is 11.8 Å². The summed E-state index contributed by atoms with van der Waals surface area (Å²) in [5.74, 6) is 3.60. The standard InChI is InChI=1S/C51H42N4/c1-34-26-43(49-54-47(41-8-4-2-5-9-41)53-48(55-49)42-10-6-3-7-11-42)20-25-46(34)40-18-23-45(24-19-40)51-30-36-27-37(31-51)29-50(28-36,33-51)44-21-16-39(17-22-44)38-14-12-35(32-52)13-15-38/h2-26,36-37H,27-31,33H2,1H3. The molecule has 266 valence electrons. The molecule has 0 N–H and O–H groups in total. The fourth-order valence-electron chi connectivity index (χ4n) is 10.8. The summed E-state index contributed by atoms with van der Waals surface area (Å²) in [6, 6.07) is 56.1. The first-order valence-corrected chi connectivity index (χ1v) is 19.7. The van der Waals surface area contributed by atoms with Crippen LogP contribution >= 0.6 is 0 Å². The van der Waals surface area contributed by atoms with E-state index in [4.69, 9.17) is 15.0 Å². The summed E-state index contributed by atoms with van der Waals surface area (Å²) in [6.45, 7) is 2.19. The van der Waals surface area contributed by atoms with Gasteiger partial charge in [-0.15, -0.1) is 0 Å². The summed E-state index contributed by atoms with van der Waals surface area (Å²) in [4.78, 5) is 14.8. The SMILES string of the molecule is Cc1cc(-c2nc(-c3ccccc3)nc(-c3ccccc3)n2)ccc1-c1ccc(C23CC4CC(CC(c5ccc(-c6ccc(C#N)cc6)cc5)(C4)C2)C3)cc1. The third-order valence-electron chi connectivity index (χ3n) is 12.9. The summed E-state index contributed by atoms with van der Waals surface area (Å²) in [5, 5.41) is 9.23. The number of benzene rings is 6. The van der Waals surface area contributed by atoms with Gasteiger partial charge in [-0.05, 0) is 125 Å². The van der Waals surface area contributed by atoms with Crippen molar-refractivity contribution in [1.82, 2.24) is 15.0 Å². The van der Waals surface area contributed by atoms with Crippen LogP contribution in [0.5, 0.6) is 0 Å². The fraction of sp³-hybridized carbons (Fsp3) is 0.216. The highest BCUT2D eigenvalue weighted by Gasteiger charge is 2.58. The van der Waals surface area contributed by atoms with Gasteiger partial charge in [0, 0.05) is 16.7 Å². The van der Waals surface area contributed by atoms with E-state index in [1.807, 2.05) is 72.8 Å². The normalized spacial score (nSPS) is 22.3. The molecule has 4 fully saturated rings. The van der Waals surface area contributed by atoms with Crippen molar-refractivity contribution in [1.29, 1.82) is 5.26 Å². The first kappa shape index (κ1) is 33.4. The number of rotatable bonds is 7. The lowest BCUT2D eigenvalue weighted by Crippen LogP contribution is -2.55. The van der Waals surface area contributed by atoms with E-state index in [0.29, 0.717) is 23.0 Å². The van der Waals surface area contributed by atoms with Crippen molar-refractivity contribution in [3.63, 3.8) is 0 Å². The lowest BCUT2D eigenvalue weighted by atomic mass is 9.41. The Morgan fingerprint density at radius 2 is 0.927 bits per heavy atom. The van der Waals surface area contributed by atoms with Crippen molar-refractivity contribution < 1.29 is 0 Å². The van der Waals surface area contributed by atoms with Crippen molar-refractivity contribution >= 4 is 0 Å². The molecule has 0 spiro atoms. The van der Waals surface area contributed by atoms with Crippen LogP contribution in [-0.2, 0) is 10.8 Å². The fourth-order valence-corrected chi connectivity index (χ4v) is 10.8. The molecule has 7 aromatic rings. The second-order valence-corrected chi connectivity index (χ2v) is 16.4. The van der Waals surface area contributed by atoms with Gasteiger partial charge < -0.3 is 0 Å². The molecule has 4 bridgehead atoms. The second kappa shape index (κ2) is 13.3. The lowest BCUT2D eigenvalue weighted by molar-refractivity contribution is -0.0281. The van der Waals surface area contributed by atoms with Gasteiger partial charge >= 0.3 is 0 Å². The number of nitrogens with zero attached hydrogens (tertiary/aromatic N) is 4. The van der Waals surface area contributed by atoms with Crippen LogP contribution in [0.2, 0.25) is 0 Å². The summed E-state index contributed by atoms with van der Waals surface area (Å²) in [5.41, 5.74) is 13.2. The molecule has 4 saturated carbocycles. The summed E-state index contributed by atoms with van der Waals surface area (Å²) < 4.78 is 0. The van der Waals surface area contributed by atoms with Crippen LogP contribution < -0.4 is 0 Å². The van der Waals surface area contributed by atoms with E-state index in [9.17, 15) is 5.26 Å². The second-order valence-electron chi connectivity index (χ2n) is 16.4. The predicted molar refractivity (Wildman–Crippen MR) is 221 cm³/mol. The van der Waals surface area contributed by atoms with Gasteiger partial charge in [-0.1, -0.05) is 133 Å². The van der Waals surface area contributed by atoms with Gasteiger partial charge in [0.25, 0.3) is 0 Å². The Balaban J connectivity index is 0.929. The highest BCUT2D eigenvalue weighted by molar-refractivity contribution is 5.73. The molecule has 11 rings (SSSR count). The third-order valence-corrected chi connectivity index (χ3v) is 12.9. The molecule has 4 aliphatic rings. The predicted octanol–water partition coefficient (Wildman–Crippen LogP) is 12.2. The first-order valence-electron chi connectivity index (χ1n) is 19.7. The Labute approximate surface area is 323 Å². The minimum atomic E-state index is 0.235. The molecular weight excluding hydrogens is 669 g/mol. The zero-order valence-corrected chi connectivity index (χ0v) is 31.1. The van der Waals surface area contributed by atoms with Crippen molar-refractivity contribution in [2.75, 3.05) is 0 Å². The average Bonchev–Trinajstić information content (AvgIpc) is 3.24. The third kappa shape index (κ3) is 6.05. The highest BCUT2D eigenvalue weighted by Crippen LogP contribution is 2.66. The molecule has 0 radical (unpaired) electrons. The van der Waals surface area contributed by atoms with Gasteiger partial charge in [-0.3, -0.25) is 0 Å². The van der Waals surface area contributed by atoms with Crippen LogP contribution in [-0.4, -0.2) is 15.0 Å². The molecule has 4 heteroatoms. The van der Waals surface area contributed by atoms with Crippen molar-refractivity contribution in [3.8, 4) is 62.5 Å². The Bertz CT molecular complexity index is 2480. The van der Waals surface area contributed by atoms with Crippen LogP contribution in [0.3, 0.4) is 0 Å². The molecule has 2 atom stereocenters. The zero-order valence-electron chi connectivity index (χ0n) is 31.1. The summed E-state index contributed by atoms with van der Waals surface area (Å²) in [7, 11) is 0. The minimum Gasteiger partial charge on any atom is -0.208 e. The van der Waals surface area contributed by atoms with Gasteiger partial charge in [-0.2, -0.15) is 5.26 Å². The maximum atomic E-state index is 9.23. The monoisotopic (exact) mass is 710 g/mol. The van der Waals surface area contributed by atoms with Crippen LogP contribution in [0, 0.1) is 30.1 Å². The number of nitriles is 1. The van der Waals surface area contributed by atoms with Crippen LogP contribution in [0.25, 0.3) is 56.4 Å². The highest BCUT2D eigenvalue weighted by atomic mass is 15.0. The molecule has 55 heavy (non-hydrogen) atoms. The quantitative estimate of drug-likeness (QED) is 0.165. The largest absolute Gasteiger partial charge is 0.208 e. The number of aryl methyl sites for hydroxylation is 1. The van der Waals surface area contributed by atoms with Crippen LogP contribution in [0.15, 0.2) is 152 Å². The van der Waals surface area contributed by atoms with E-state index in [2.05, 4.69) is 91.9 Å². The van der Waals surface area contributed by atoms with Gasteiger partial charge in [0.2, 0.25) is 0 Å². The topological polar surface area (TPSA) is 62.5 Å².